The van der Waals surface area contributed by atoms with E-state index in [-0.39, 0.29) is 82.3 Å². The lowest BCUT2D eigenvalue weighted by Gasteiger charge is -2.14. The molecule has 0 heterocycles. The fraction of sp³-hybridized carbons (Fsp3) is 0.824. The van der Waals surface area contributed by atoms with Crippen molar-refractivity contribution in [2.45, 2.75) is 122 Å². The maximum atomic E-state index is 12.2. The van der Waals surface area contributed by atoms with Crippen LogP contribution in [0.15, 0.2) is 0 Å². The number of nitrogens with one attached hydrogen (secondary N) is 4. The Morgan fingerprint density at radius 3 is 1.47 bits per heavy atom. The minimum Gasteiger partial charge on any atom is -0.481 e. The van der Waals surface area contributed by atoms with Crippen molar-refractivity contribution >= 4 is 35.6 Å². The van der Waals surface area contributed by atoms with E-state index in [9.17, 15) is 33.9 Å². The maximum absolute atomic E-state index is 12.2. The highest BCUT2D eigenvalue weighted by molar-refractivity contribution is 5.84. The molecule has 0 aliphatic rings. The number of carboxylic acids is 2. The van der Waals surface area contributed by atoms with Crippen molar-refractivity contribution in [2.75, 3.05) is 59.3 Å². The molecule has 0 aliphatic heterocycles. The van der Waals surface area contributed by atoms with Gasteiger partial charge in [-0.15, -0.1) is 0 Å². The van der Waals surface area contributed by atoms with Gasteiger partial charge in [0.15, 0.2) is 0 Å². The van der Waals surface area contributed by atoms with Crippen molar-refractivity contribution in [2.24, 2.45) is 0 Å². The van der Waals surface area contributed by atoms with Gasteiger partial charge in [-0.1, -0.05) is 71.1 Å². The summed E-state index contributed by atoms with van der Waals surface area (Å²) in [5, 5.41) is 28.6. The van der Waals surface area contributed by atoms with Gasteiger partial charge >= 0.3 is 11.9 Å². The maximum Gasteiger partial charge on any atom is 0.326 e. The van der Waals surface area contributed by atoms with Crippen molar-refractivity contribution in [1.82, 2.24) is 21.3 Å². The minimum atomic E-state index is -1.18. The van der Waals surface area contributed by atoms with E-state index in [4.69, 9.17) is 19.3 Å². The summed E-state index contributed by atoms with van der Waals surface area (Å²) in [4.78, 5) is 69.2. The number of unbranched alkanes of at least 4 members (excludes halogenated alkanes) is 11. The standard InChI is InChI=1S/C34H62N4O11/c1-2-29(39)35-19-22-47-23-21-37-32(42)27-49-26-25-48-24-20-36-30(40)18-17-28(34(45)46)38-31(41)15-13-11-9-7-5-3-4-6-8-10-12-14-16-33(43)44/h28H,2-27H2,1H3,(H,35,39)(H,36,40)(H,37,42)(H,38,41)(H,43,44)(H,45,46). The molecule has 284 valence electrons. The van der Waals surface area contributed by atoms with Crippen LogP contribution in [-0.4, -0.2) is 111 Å². The number of carbonyl (C=O) groups excluding carboxylic acids is 4. The van der Waals surface area contributed by atoms with Crippen molar-refractivity contribution in [1.29, 1.82) is 0 Å². The first kappa shape index (κ1) is 45.7. The molecule has 4 amide bonds. The number of ether oxygens (including phenoxy) is 3. The summed E-state index contributed by atoms with van der Waals surface area (Å²) in [5.41, 5.74) is 0. The van der Waals surface area contributed by atoms with Crippen LogP contribution in [0.1, 0.15) is 116 Å². The fourth-order valence-electron chi connectivity index (χ4n) is 4.67. The van der Waals surface area contributed by atoms with Gasteiger partial charge in [0, 0.05) is 45.3 Å². The predicted molar refractivity (Wildman–Crippen MR) is 183 cm³/mol. The van der Waals surface area contributed by atoms with Crippen LogP contribution in [0.25, 0.3) is 0 Å². The summed E-state index contributed by atoms with van der Waals surface area (Å²) in [6.45, 7) is 3.92. The molecular formula is C34H62N4O11. The largest absolute Gasteiger partial charge is 0.481 e. The number of carboxylic acid groups (broad SMARTS) is 2. The zero-order valence-corrected chi connectivity index (χ0v) is 29.5. The molecule has 1 atom stereocenters. The lowest BCUT2D eigenvalue weighted by atomic mass is 10.0. The number of hydrogen-bond donors (Lipinski definition) is 6. The average molecular weight is 703 g/mol. The van der Waals surface area contributed by atoms with Crippen LogP contribution in [0.2, 0.25) is 0 Å². The van der Waals surface area contributed by atoms with E-state index in [0.717, 1.165) is 51.4 Å². The van der Waals surface area contributed by atoms with E-state index >= 15 is 0 Å². The first-order valence-corrected chi connectivity index (χ1v) is 17.9. The quantitative estimate of drug-likeness (QED) is 0.0528. The molecule has 0 spiro atoms. The molecule has 0 rings (SSSR count). The molecule has 0 aromatic heterocycles. The zero-order valence-electron chi connectivity index (χ0n) is 29.5. The van der Waals surface area contributed by atoms with E-state index in [0.29, 0.717) is 39.1 Å². The third-order valence-electron chi connectivity index (χ3n) is 7.47. The van der Waals surface area contributed by atoms with Crippen molar-refractivity contribution in [3.05, 3.63) is 0 Å². The number of aliphatic carboxylic acids is 2. The lowest BCUT2D eigenvalue weighted by Crippen LogP contribution is -2.41. The van der Waals surface area contributed by atoms with Crippen LogP contribution in [-0.2, 0) is 43.0 Å². The molecule has 49 heavy (non-hydrogen) atoms. The predicted octanol–water partition coefficient (Wildman–Crippen LogP) is 2.69. The number of amides is 4. The fourth-order valence-corrected chi connectivity index (χ4v) is 4.67. The van der Waals surface area contributed by atoms with E-state index in [2.05, 4.69) is 21.3 Å². The lowest BCUT2D eigenvalue weighted by molar-refractivity contribution is -0.142. The van der Waals surface area contributed by atoms with Gasteiger partial charge in [0.1, 0.15) is 12.6 Å². The minimum absolute atomic E-state index is 0.0185. The molecule has 0 aromatic rings. The molecule has 0 aromatic carbocycles. The Morgan fingerprint density at radius 2 is 0.959 bits per heavy atom. The summed E-state index contributed by atoms with van der Waals surface area (Å²) in [7, 11) is 0. The summed E-state index contributed by atoms with van der Waals surface area (Å²) in [6, 6.07) is -1.13. The van der Waals surface area contributed by atoms with E-state index in [1.165, 1.54) is 19.3 Å². The van der Waals surface area contributed by atoms with Gasteiger partial charge in [-0.2, -0.15) is 0 Å². The number of rotatable bonds is 35. The van der Waals surface area contributed by atoms with Gasteiger partial charge in [0.05, 0.1) is 33.0 Å². The van der Waals surface area contributed by atoms with Gasteiger partial charge in [0.2, 0.25) is 23.6 Å². The highest BCUT2D eigenvalue weighted by Gasteiger charge is 2.20. The normalized spacial score (nSPS) is 11.4. The van der Waals surface area contributed by atoms with Crippen molar-refractivity contribution in [3.63, 3.8) is 0 Å². The number of carbonyl (C=O) groups is 6. The molecule has 15 nitrogen and oxygen atoms in total. The van der Waals surface area contributed by atoms with E-state index < -0.39 is 18.0 Å². The Kier molecular flexibility index (Phi) is 31.0. The Labute approximate surface area is 291 Å². The Morgan fingerprint density at radius 1 is 0.510 bits per heavy atom. The molecule has 0 fully saturated rings. The second-order valence-corrected chi connectivity index (χ2v) is 11.8. The highest BCUT2D eigenvalue weighted by atomic mass is 16.5. The first-order valence-electron chi connectivity index (χ1n) is 17.9. The van der Waals surface area contributed by atoms with Crippen LogP contribution >= 0.6 is 0 Å². The summed E-state index contributed by atoms with van der Waals surface area (Å²) in [6.07, 6.45) is 13.2. The Bertz CT molecular complexity index is 921. The van der Waals surface area contributed by atoms with Crippen LogP contribution in [0.4, 0.5) is 0 Å². The summed E-state index contributed by atoms with van der Waals surface area (Å²) < 4.78 is 15.9. The highest BCUT2D eigenvalue weighted by Crippen LogP contribution is 2.13. The first-order chi connectivity index (χ1) is 23.6. The molecule has 15 heteroatoms. The Hall–Kier alpha value is -3.30. The molecule has 0 bridgehead atoms. The zero-order chi connectivity index (χ0) is 36.4. The second kappa shape index (κ2) is 33.2. The Balaban J connectivity index is 3.69. The SMILES string of the molecule is CCC(=O)NCCOCCNC(=O)COCCOCCNC(=O)CCC(NC(=O)CCCCCCCCCCCCCCC(=O)O)C(=O)O. The van der Waals surface area contributed by atoms with Gasteiger partial charge in [-0.05, 0) is 19.3 Å². The topological polar surface area (TPSA) is 219 Å². The number of hydrogen-bond acceptors (Lipinski definition) is 9. The monoisotopic (exact) mass is 702 g/mol. The molecule has 0 radical (unpaired) electrons. The van der Waals surface area contributed by atoms with E-state index in [1.54, 1.807) is 6.92 Å². The van der Waals surface area contributed by atoms with E-state index in [1.807, 2.05) is 0 Å². The third kappa shape index (κ3) is 33.0. The van der Waals surface area contributed by atoms with Gasteiger partial charge in [0.25, 0.3) is 0 Å². The molecule has 6 N–H and O–H groups in total. The van der Waals surface area contributed by atoms with Gasteiger partial charge in [-0.25, -0.2) is 4.79 Å². The van der Waals surface area contributed by atoms with Crippen LogP contribution in [0, 0.1) is 0 Å². The summed E-state index contributed by atoms with van der Waals surface area (Å²) in [5.74, 6) is -2.91. The molecule has 0 saturated carbocycles. The smallest absolute Gasteiger partial charge is 0.326 e. The molecule has 0 saturated heterocycles. The average Bonchev–Trinajstić information content (AvgIpc) is 3.06. The van der Waals surface area contributed by atoms with Gasteiger partial charge < -0.3 is 45.7 Å². The van der Waals surface area contributed by atoms with Crippen LogP contribution < -0.4 is 21.3 Å². The third-order valence-corrected chi connectivity index (χ3v) is 7.47. The van der Waals surface area contributed by atoms with Crippen LogP contribution in [0.5, 0.6) is 0 Å². The summed E-state index contributed by atoms with van der Waals surface area (Å²) >= 11 is 0. The van der Waals surface area contributed by atoms with Crippen molar-refractivity contribution in [3.8, 4) is 0 Å². The molecule has 1 unspecified atom stereocenters. The molecule has 0 aliphatic carbocycles. The van der Waals surface area contributed by atoms with Crippen molar-refractivity contribution < 1.29 is 53.2 Å². The molecular weight excluding hydrogens is 640 g/mol. The van der Waals surface area contributed by atoms with Gasteiger partial charge in [-0.3, -0.25) is 24.0 Å². The van der Waals surface area contributed by atoms with Crippen LogP contribution in [0.3, 0.4) is 0 Å². The second-order valence-electron chi connectivity index (χ2n) is 11.8.